The summed E-state index contributed by atoms with van der Waals surface area (Å²) in [7, 11) is -3.68. The SMILES string of the molecule is O=C([C@@H]1CCCN(S(=O)(=O)c2ccc(F)cc2)C1)N1CCCCC1. The van der Waals surface area contributed by atoms with Crippen LogP contribution < -0.4 is 0 Å². The number of nitrogens with zero attached hydrogens (tertiary/aromatic N) is 2. The van der Waals surface area contributed by atoms with Crippen molar-refractivity contribution < 1.29 is 17.6 Å². The quantitative estimate of drug-likeness (QED) is 0.836. The van der Waals surface area contributed by atoms with Crippen LogP contribution in [0.25, 0.3) is 0 Å². The van der Waals surface area contributed by atoms with Crippen LogP contribution in [0.15, 0.2) is 29.2 Å². The van der Waals surface area contributed by atoms with Crippen LogP contribution in [-0.4, -0.2) is 49.7 Å². The van der Waals surface area contributed by atoms with Gasteiger partial charge < -0.3 is 4.90 Å². The molecule has 1 aromatic carbocycles. The predicted molar refractivity (Wildman–Crippen MR) is 88.3 cm³/mol. The number of piperidine rings is 2. The molecule has 1 amide bonds. The van der Waals surface area contributed by atoms with Gasteiger partial charge in [0.1, 0.15) is 5.82 Å². The number of sulfonamides is 1. The number of amides is 1. The van der Waals surface area contributed by atoms with E-state index in [-0.39, 0.29) is 23.3 Å². The van der Waals surface area contributed by atoms with Gasteiger partial charge in [-0.3, -0.25) is 4.79 Å². The fraction of sp³-hybridized carbons (Fsp3) is 0.588. The molecule has 1 aromatic rings. The molecule has 0 aliphatic carbocycles. The molecule has 7 heteroatoms. The summed E-state index contributed by atoms with van der Waals surface area (Å²) in [5.74, 6) is -0.661. The molecule has 1 atom stereocenters. The number of benzene rings is 1. The maximum atomic E-state index is 13.0. The van der Waals surface area contributed by atoms with Gasteiger partial charge in [0.05, 0.1) is 10.8 Å². The van der Waals surface area contributed by atoms with Crippen LogP contribution in [-0.2, 0) is 14.8 Å². The summed E-state index contributed by atoms with van der Waals surface area (Å²) >= 11 is 0. The van der Waals surface area contributed by atoms with Gasteiger partial charge >= 0.3 is 0 Å². The lowest BCUT2D eigenvalue weighted by molar-refractivity contribution is -0.137. The monoisotopic (exact) mass is 354 g/mol. The third-order valence-electron chi connectivity index (χ3n) is 4.85. The van der Waals surface area contributed by atoms with Crippen LogP contribution in [0.5, 0.6) is 0 Å². The molecule has 132 valence electrons. The van der Waals surface area contributed by atoms with Crippen molar-refractivity contribution in [1.82, 2.24) is 9.21 Å². The highest BCUT2D eigenvalue weighted by Gasteiger charge is 2.35. The average molecular weight is 354 g/mol. The van der Waals surface area contributed by atoms with Crippen LogP contribution in [0.1, 0.15) is 32.1 Å². The number of carbonyl (C=O) groups is 1. The normalized spacial score (nSPS) is 23.2. The lowest BCUT2D eigenvalue weighted by Gasteiger charge is -2.35. The summed E-state index contributed by atoms with van der Waals surface area (Å²) in [6.45, 7) is 2.18. The second-order valence-electron chi connectivity index (χ2n) is 6.54. The average Bonchev–Trinajstić information content (AvgIpc) is 2.62. The first-order valence-electron chi connectivity index (χ1n) is 8.53. The largest absolute Gasteiger partial charge is 0.342 e. The van der Waals surface area contributed by atoms with E-state index < -0.39 is 15.8 Å². The smallest absolute Gasteiger partial charge is 0.243 e. The molecular formula is C17H23FN2O3S. The van der Waals surface area contributed by atoms with Crippen molar-refractivity contribution in [2.45, 2.75) is 37.0 Å². The molecule has 0 unspecified atom stereocenters. The summed E-state index contributed by atoms with van der Waals surface area (Å²) in [6, 6.07) is 4.85. The Morgan fingerprint density at radius 2 is 1.67 bits per heavy atom. The highest BCUT2D eigenvalue weighted by molar-refractivity contribution is 7.89. The molecule has 2 aliphatic heterocycles. The second-order valence-corrected chi connectivity index (χ2v) is 8.48. The molecular weight excluding hydrogens is 331 g/mol. The van der Waals surface area contributed by atoms with Crippen molar-refractivity contribution >= 4 is 15.9 Å². The van der Waals surface area contributed by atoms with E-state index in [9.17, 15) is 17.6 Å². The minimum atomic E-state index is -3.68. The summed E-state index contributed by atoms with van der Waals surface area (Å²) in [6.07, 6.45) is 4.60. The fourth-order valence-electron chi connectivity index (χ4n) is 3.49. The third-order valence-corrected chi connectivity index (χ3v) is 6.73. The Morgan fingerprint density at radius 3 is 2.33 bits per heavy atom. The molecule has 5 nitrogen and oxygen atoms in total. The van der Waals surface area contributed by atoms with Gasteiger partial charge in [0.2, 0.25) is 15.9 Å². The van der Waals surface area contributed by atoms with Gasteiger partial charge in [0.25, 0.3) is 0 Å². The zero-order valence-corrected chi connectivity index (χ0v) is 14.5. The van der Waals surface area contributed by atoms with Gasteiger partial charge in [0.15, 0.2) is 0 Å². The Hall–Kier alpha value is -1.47. The van der Waals surface area contributed by atoms with Crippen LogP contribution >= 0.6 is 0 Å². The number of halogens is 1. The highest BCUT2D eigenvalue weighted by Crippen LogP contribution is 2.26. The van der Waals surface area contributed by atoms with Crippen molar-refractivity contribution in [3.63, 3.8) is 0 Å². The first-order chi connectivity index (χ1) is 11.5. The van der Waals surface area contributed by atoms with E-state index in [0.29, 0.717) is 13.0 Å². The number of likely N-dealkylation sites (tertiary alicyclic amines) is 1. The minimum absolute atomic E-state index is 0.0775. The van der Waals surface area contributed by atoms with Crippen LogP contribution in [0.4, 0.5) is 4.39 Å². The van der Waals surface area contributed by atoms with Crippen molar-refractivity contribution in [1.29, 1.82) is 0 Å². The van der Waals surface area contributed by atoms with Gasteiger partial charge in [0, 0.05) is 26.2 Å². The first-order valence-corrected chi connectivity index (χ1v) is 9.97. The molecule has 0 N–H and O–H groups in total. The highest BCUT2D eigenvalue weighted by atomic mass is 32.2. The molecule has 2 fully saturated rings. The van der Waals surface area contributed by atoms with Gasteiger partial charge in [-0.1, -0.05) is 0 Å². The first kappa shape index (κ1) is 17.4. The van der Waals surface area contributed by atoms with E-state index in [0.717, 1.165) is 50.9 Å². The standard InChI is InChI=1S/C17H23FN2O3S/c18-15-6-8-16(9-7-15)24(22,23)20-12-4-5-14(13-20)17(21)19-10-2-1-3-11-19/h6-9,14H,1-5,10-13H2/t14-/m1/s1. The Balaban J connectivity index is 1.72. The number of hydrogen-bond donors (Lipinski definition) is 0. The summed E-state index contributed by atoms with van der Waals surface area (Å²) in [5.41, 5.74) is 0. The molecule has 24 heavy (non-hydrogen) atoms. The minimum Gasteiger partial charge on any atom is -0.342 e. The van der Waals surface area contributed by atoms with Crippen LogP contribution in [0.2, 0.25) is 0 Å². The Bertz CT molecular complexity index is 684. The van der Waals surface area contributed by atoms with E-state index in [4.69, 9.17) is 0 Å². The van der Waals surface area contributed by atoms with E-state index in [2.05, 4.69) is 0 Å². The van der Waals surface area contributed by atoms with Crippen molar-refractivity contribution in [2.75, 3.05) is 26.2 Å². The van der Waals surface area contributed by atoms with Crippen LogP contribution in [0, 0.1) is 11.7 Å². The fourth-order valence-corrected chi connectivity index (χ4v) is 5.01. The Morgan fingerprint density at radius 1 is 1.00 bits per heavy atom. The topological polar surface area (TPSA) is 57.7 Å². The molecule has 2 heterocycles. The third kappa shape index (κ3) is 3.62. The Labute approximate surface area is 142 Å². The van der Waals surface area contributed by atoms with Crippen molar-refractivity contribution in [3.05, 3.63) is 30.1 Å². The molecule has 2 saturated heterocycles. The van der Waals surface area contributed by atoms with Crippen molar-refractivity contribution in [3.8, 4) is 0 Å². The predicted octanol–water partition coefficient (Wildman–Crippen LogP) is 2.24. The van der Waals surface area contributed by atoms with Crippen LogP contribution in [0.3, 0.4) is 0 Å². The molecule has 0 aromatic heterocycles. The van der Waals surface area contributed by atoms with Gasteiger partial charge in [-0.25, -0.2) is 12.8 Å². The lowest BCUT2D eigenvalue weighted by Crippen LogP contribution is -2.47. The number of rotatable bonds is 3. The van der Waals surface area contributed by atoms with E-state index in [1.807, 2.05) is 4.90 Å². The second kappa shape index (κ2) is 7.19. The molecule has 0 saturated carbocycles. The summed E-state index contributed by atoms with van der Waals surface area (Å²) < 4.78 is 39.8. The maximum absolute atomic E-state index is 13.0. The van der Waals surface area contributed by atoms with Gasteiger partial charge in [-0.05, 0) is 56.4 Å². The zero-order chi connectivity index (χ0) is 17.2. The summed E-state index contributed by atoms with van der Waals surface area (Å²) in [4.78, 5) is 14.6. The molecule has 3 rings (SSSR count). The maximum Gasteiger partial charge on any atom is 0.243 e. The number of carbonyl (C=O) groups excluding carboxylic acids is 1. The van der Waals surface area contributed by atoms with E-state index >= 15 is 0 Å². The number of hydrogen-bond acceptors (Lipinski definition) is 3. The van der Waals surface area contributed by atoms with E-state index in [1.165, 1.54) is 16.4 Å². The summed E-state index contributed by atoms with van der Waals surface area (Å²) in [5, 5.41) is 0. The van der Waals surface area contributed by atoms with Crippen molar-refractivity contribution in [2.24, 2.45) is 5.92 Å². The van der Waals surface area contributed by atoms with Gasteiger partial charge in [-0.15, -0.1) is 0 Å². The van der Waals surface area contributed by atoms with Gasteiger partial charge in [-0.2, -0.15) is 4.31 Å². The molecule has 0 radical (unpaired) electrons. The lowest BCUT2D eigenvalue weighted by atomic mass is 9.97. The molecule has 0 spiro atoms. The molecule has 2 aliphatic rings. The van der Waals surface area contributed by atoms with E-state index in [1.54, 1.807) is 0 Å². The Kier molecular flexibility index (Phi) is 5.20. The molecule has 0 bridgehead atoms. The zero-order valence-electron chi connectivity index (χ0n) is 13.7.